The van der Waals surface area contributed by atoms with E-state index in [1.165, 1.54) is 19.2 Å². The number of carbonyl (C=O) groups excluding carboxylic acids is 1. The van der Waals surface area contributed by atoms with Crippen molar-refractivity contribution in [3.63, 3.8) is 0 Å². The fourth-order valence-corrected chi connectivity index (χ4v) is 2.00. The minimum Gasteiger partial charge on any atom is -0.497 e. The van der Waals surface area contributed by atoms with Gasteiger partial charge in [-0.1, -0.05) is 6.92 Å². The van der Waals surface area contributed by atoms with Crippen LogP contribution in [0.15, 0.2) is 18.2 Å². The molecule has 1 atom stereocenters. The molecule has 0 aliphatic heterocycles. The lowest BCUT2D eigenvalue weighted by atomic mass is 10.1. The second-order valence-corrected chi connectivity index (χ2v) is 4.83. The second kappa shape index (κ2) is 5.30. The van der Waals surface area contributed by atoms with Crippen LogP contribution in [0.3, 0.4) is 0 Å². The molecule has 0 radical (unpaired) electrons. The van der Waals surface area contributed by atoms with Gasteiger partial charge >= 0.3 is 5.97 Å². The van der Waals surface area contributed by atoms with Gasteiger partial charge in [-0.3, -0.25) is 4.79 Å². The maximum atomic E-state index is 12.0. The number of benzene rings is 1. The standard InChI is InChI=1S/C14H17NO4/c1-8(9-3-4-9)13(16)15-12-7-10(19-2)5-6-11(12)14(17)18/h5-9H,3-4H2,1-2H3,(H,15,16)(H,17,18). The van der Waals surface area contributed by atoms with E-state index in [0.29, 0.717) is 11.7 Å². The van der Waals surface area contributed by atoms with Crippen molar-refractivity contribution < 1.29 is 19.4 Å². The normalized spacial score (nSPS) is 15.7. The molecule has 0 spiro atoms. The number of amides is 1. The van der Waals surface area contributed by atoms with E-state index in [0.717, 1.165) is 12.8 Å². The van der Waals surface area contributed by atoms with Crippen molar-refractivity contribution in [2.45, 2.75) is 19.8 Å². The summed E-state index contributed by atoms with van der Waals surface area (Å²) in [6, 6.07) is 4.52. The molecule has 0 bridgehead atoms. The summed E-state index contributed by atoms with van der Waals surface area (Å²) < 4.78 is 5.05. The molecule has 19 heavy (non-hydrogen) atoms. The van der Waals surface area contributed by atoms with Gasteiger partial charge in [0.05, 0.1) is 18.4 Å². The molecule has 0 saturated heterocycles. The zero-order chi connectivity index (χ0) is 14.0. The molecule has 1 aromatic rings. The lowest BCUT2D eigenvalue weighted by molar-refractivity contribution is -0.119. The Morgan fingerprint density at radius 3 is 2.63 bits per heavy atom. The van der Waals surface area contributed by atoms with E-state index >= 15 is 0 Å². The molecule has 2 N–H and O–H groups in total. The van der Waals surface area contributed by atoms with Crippen LogP contribution in [0.5, 0.6) is 5.75 Å². The Balaban J connectivity index is 2.21. The van der Waals surface area contributed by atoms with Crippen LogP contribution < -0.4 is 10.1 Å². The number of methoxy groups -OCH3 is 1. The van der Waals surface area contributed by atoms with Crippen LogP contribution in [0.25, 0.3) is 0 Å². The maximum Gasteiger partial charge on any atom is 0.337 e. The average molecular weight is 263 g/mol. The Bertz CT molecular complexity index is 508. The second-order valence-electron chi connectivity index (χ2n) is 4.83. The van der Waals surface area contributed by atoms with Gasteiger partial charge < -0.3 is 15.2 Å². The minimum atomic E-state index is -1.07. The van der Waals surface area contributed by atoms with Crippen molar-refractivity contribution in [3.8, 4) is 5.75 Å². The number of nitrogens with one attached hydrogen (secondary N) is 1. The maximum absolute atomic E-state index is 12.0. The van der Waals surface area contributed by atoms with E-state index in [1.54, 1.807) is 6.07 Å². The molecule has 1 fully saturated rings. The highest BCUT2D eigenvalue weighted by Gasteiger charge is 2.33. The number of carbonyl (C=O) groups is 2. The van der Waals surface area contributed by atoms with Crippen LogP contribution in [-0.2, 0) is 4.79 Å². The highest BCUT2D eigenvalue weighted by atomic mass is 16.5. The number of rotatable bonds is 5. The fraction of sp³-hybridized carbons (Fsp3) is 0.429. The number of carboxylic acids is 1. The third kappa shape index (κ3) is 3.05. The van der Waals surface area contributed by atoms with E-state index in [2.05, 4.69) is 5.32 Å². The van der Waals surface area contributed by atoms with E-state index in [9.17, 15) is 9.59 Å². The van der Waals surface area contributed by atoms with Gasteiger partial charge in [-0.05, 0) is 30.9 Å². The minimum absolute atomic E-state index is 0.0668. The van der Waals surface area contributed by atoms with E-state index in [-0.39, 0.29) is 23.1 Å². The molecular formula is C14H17NO4. The molecule has 2 rings (SSSR count). The molecule has 0 heterocycles. The molecule has 5 heteroatoms. The number of aromatic carboxylic acids is 1. The predicted molar refractivity (Wildman–Crippen MR) is 70.5 cm³/mol. The summed E-state index contributed by atoms with van der Waals surface area (Å²) >= 11 is 0. The van der Waals surface area contributed by atoms with E-state index in [4.69, 9.17) is 9.84 Å². The number of hydrogen-bond donors (Lipinski definition) is 2. The molecule has 1 unspecified atom stereocenters. The van der Waals surface area contributed by atoms with Gasteiger partial charge in [-0.2, -0.15) is 0 Å². The Labute approximate surface area is 111 Å². The first-order chi connectivity index (χ1) is 9.02. The summed E-state index contributed by atoms with van der Waals surface area (Å²) in [6.45, 7) is 1.87. The first kappa shape index (κ1) is 13.4. The smallest absolute Gasteiger partial charge is 0.337 e. The van der Waals surface area contributed by atoms with Gasteiger partial charge in [0.15, 0.2) is 0 Å². The predicted octanol–water partition coefficient (Wildman–Crippen LogP) is 2.38. The van der Waals surface area contributed by atoms with Crippen LogP contribution >= 0.6 is 0 Å². The summed E-state index contributed by atoms with van der Waals surface area (Å²) in [5, 5.41) is 11.8. The number of ether oxygens (including phenoxy) is 1. The van der Waals surface area contributed by atoms with Crippen molar-refractivity contribution in [2.75, 3.05) is 12.4 Å². The summed E-state index contributed by atoms with van der Waals surface area (Å²) in [5.41, 5.74) is 0.349. The highest BCUT2D eigenvalue weighted by molar-refractivity contribution is 6.01. The zero-order valence-electron chi connectivity index (χ0n) is 11.0. The largest absolute Gasteiger partial charge is 0.497 e. The molecule has 1 aromatic carbocycles. The molecule has 0 aromatic heterocycles. The summed E-state index contributed by atoms with van der Waals surface area (Å²) in [4.78, 5) is 23.2. The summed E-state index contributed by atoms with van der Waals surface area (Å²) in [7, 11) is 1.49. The molecule has 102 valence electrons. The van der Waals surface area contributed by atoms with Gasteiger partial charge in [-0.15, -0.1) is 0 Å². The summed E-state index contributed by atoms with van der Waals surface area (Å²) in [5.74, 6) is -0.360. The molecule has 1 amide bonds. The quantitative estimate of drug-likeness (QED) is 0.855. The molecule has 5 nitrogen and oxygen atoms in total. The van der Waals surface area contributed by atoms with Gasteiger partial charge in [-0.25, -0.2) is 4.79 Å². The van der Waals surface area contributed by atoms with Crippen LogP contribution in [0, 0.1) is 11.8 Å². The van der Waals surface area contributed by atoms with Crippen molar-refractivity contribution in [3.05, 3.63) is 23.8 Å². The first-order valence-corrected chi connectivity index (χ1v) is 6.25. The van der Waals surface area contributed by atoms with E-state index < -0.39 is 5.97 Å². The highest BCUT2D eigenvalue weighted by Crippen LogP contribution is 2.37. The number of hydrogen-bond acceptors (Lipinski definition) is 3. The molecule has 1 aliphatic rings. The van der Waals surface area contributed by atoms with Gasteiger partial charge in [0.1, 0.15) is 5.75 Å². The lowest BCUT2D eigenvalue weighted by Gasteiger charge is -2.13. The van der Waals surface area contributed by atoms with Crippen LogP contribution in [0.1, 0.15) is 30.1 Å². The van der Waals surface area contributed by atoms with Gasteiger partial charge in [0.25, 0.3) is 0 Å². The number of carboxylic acid groups (broad SMARTS) is 1. The Morgan fingerprint density at radius 1 is 1.42 bits per heavy atom. The Kier molecular flexibility index (Phi) is 3.74. The lowest BCUT2D eigenvalue weighted by Crippen LogP contribution is -2.23. The Hall–Kier alpha value is -2.04. The summed E-state index contributed by atoms with van der Waals surface area (Å²) in [6.07, 6.45) is 2.14. The topological polar surface area (TPSA) is 75.6 Å². The van der Waals surface area contributed by atoms with E-state index in [1.807, 2.05) is 6.92 Å². The zero-order valence-corrected chi connectivity index (χ0v) is 11.0. The number of anilines is 1. The third-order valence-corrected chi connectivity index (χ3v) is 3.46. The average Bonchev–Trinajstić information content (AvgIpc) is 3.21. The van der Waals surface area contributed by atoms with Crippen molar-refractivity contribution in [1.29, 1.82) is 0 Å². The van der Waals surface area contributed by atoms with Crippen LogP contribution in [-0.4, -0.2) is 24.1 Å². The van der Waals surface area contributed by atoms with Crippen molar-refractivity contribution >= 4 is 17.6 Å². The van der Waals surface area contributed by atoms with Crippen molar-refractivity contribution in [2.24, 2.45) is 11.8 Å². The van der Waals surface area contributed by atoms with Gasteiger partial charge in [0.2, 0.25) is 5.91 Å². The van der Waals surface area contributed by atoms with Gasteiger partial charge in [0, 0.05) is 12.0 Å². The van der Waals surface area contributed by atoms with Crippen LogP contribution in [0.4, 0.5) is 5.69 Å². The van der Waals surface area contributed by atoms with Crippen molar-refractivity contribution in [1.82, 2.24) is 0 Å². The SMILES string of the molecule is COc1ccc(C(=O)O)c(NC(=O)C(C)C2CC2)c1. The first-order valence-electron chi connectivity index (χ1n) is 6.25. The molecule has 1 saturated carbocycles. The third-order valence-electron chi connectivity index (χ3n) is 3.46. The fourth-order valence-electron chi connectivity index (χ4n) is 2.00. The molecular weight excluding hydrogens is 246 g/mol. The Morgan fingerprint density at radius 2 is 2.11 bits per heavy atom. The monoisotopic (exact) mass is 263 g/mol. The molecule has 1 aliphatic carbocycles. The van der Waals surface area contributed by atoms with Crippen LogP contribution in [0.2, 0.25) is 0 Å².